The summed E-state index contributed by atoms with van der Waals surface area (Å²) in [6, 6.07) is 0. The molecular formula is C11H20O. The molecule has 0 atom stereocenters. The summed E-state index contributed by atoms with van der Waals surface area (Å²) >= 11 is 0. The highest BCUT2D eigenvalue weighted by molar-refractivity contribution is 4.93. The summed E-state index contributed by atoms with van der Waals surface area (Å²) in [6.45, 7) is 4.04. The first-order valence-corrected chi connectivity index (χ1v) is 5.14. The summed E-state index contributed by atoms with van der Waals surface area (Å²) < 4.78 is 0. The maximum atomic E-state index is 9.47. The van der Waals surface area contributed by atoms with Gasteiger partial charge in [-0.3, -0.25) is 0 Å². The number of hydrogen-bond donors (Lipinski definition) is 1. The molecule has 0 spiro atoms. The highest BCUT2D eigenvalue weighted by Crippen LogP contribution is 2.19. The van der Waals surface area contributed by atoms with Gasteiger partial charge in [0.1, 0.15) is 0 Å². The highest BCUT2D eigenvalue weighted by atomic mass is 16.3. The SMILES string of the molecule is C=C1CCCCC(O)CCCC1. The standard InChI is InChI=1S/C11H20O/c1-10-6-2-4-8-11(12)9-5-3-7-10/h11-12H,1-9H2. The number of aliphatic hydroxyl groups is 1. The molecular weight excluding hydrogens is 148 g/mol. The first-order valence-electron chi connectivity index (χ1n) is 5.14. The molecule has 0 saturated heterocycles. The average molecular weight is 168 g/mol. The van der Waals surface area contributed by atoms with Gasteiger partial charge < -0.3 is 5.11 Å². The second kappa shape index (κ2) is 5.36. The first kappa shape index (κ1) is 9.79. The third kappa shape index (κ3) is 3.91. The van der Waals surface area contributed by atoms with Gasteiger partial charge in [0.15, 0.2) is 0 Å². The summed E-state index contributed by atoms with van der Waals surface area (Å²) in [6.07, 6.45) is 9.07. The maximum absolute atomic E-state index is 9.47. The van der Waals surface area contributed by atoms with Gasteiger partial charge in [-0.2, -0.15) is 0 Å². The van der Waals surface area contributed by atoms with Crippen molar-refractivity contribution >= 4 is 0 Å². The second-order valence-electron chi connectivity index (χ2n) is 3.90. The van der Waals surface area contributed by atoms with Crippen molar-refractivity contribution in [3.8, 4) is 0 Å². The molecule has 1 heteroatoms. The van der Waals surface area contributed by atoms with Crippen molar-refractivity contribution in [2.75, 3.05) is 0 Å². The molecule has 12 heavy (non-hydrogen) atoms. The van der Waals surface area contributed by atoms with E-state index in [9.17, 15) is 5.11 Å². The Morgan fingerprint density at radius 3 is 2.00 bits per heavy atom. The lowest BCUT2D eigenvalue weighted by molar-refractivity contribution is 0.146. The highest BCUT2D eigenvalue weighted by Gasteiger charge is 2.06. The Hall–Kier alpha value is -0.300. The molecule has 1 fully saturated rings. The zero-order valence-corrected chi connectivity index (χ0v) is 7.89. The third-order valence-electron chi connectivity index (χ3n) is 2.64. The molecule has 0 bridgehead atoms. The lowest BCUT2D eigenvalue weighted by Crippen LogP contribution is -2.07. The van der Waals surface area contributed by atoms with E-state index in [-0.39, 0.29) is 6.10 Å². The second-order valence-corrected chi connectivity index (χ2v) is 3.90. The largest absolute Gasteiger partial charge is 0.393 e. The molecule has 0 aliphatic heterocycles. The van der Waals surface area contributed by atoms with Gasteiger partial charge >= 0.3 is 0 Å². The lowest BCUT2D eigenvalue weighted by atomic mass is 9.97. The molecule has 0 unspecified atom stereocenters. The topological polar surface area (TPSA) is 20.2 Å². The van der Waals surface area contributed by atoms with E-state index in [2.05, 4.69) is 6.58 Å². The van der Waals surface area contributed by atoms with E-state index in [0.717, 1.165) is 12.8 Å². The number of rotatable bonds is 0. The zero-order valence-electron chi connectivity index (χ0n) is 7.89. The summed E-state index contributed by atoms with van der Waals surface area (Å²) in [4.78, 5) is 0. The van der Waals surface area contributed by atoms with Crippen LogP contribution in [0.3, 0.4) is 0 Å². The van der Waals surface area contributed by atoms with Crippen LogP contribution in [-0.2, 0) is 0 Å². The first-order chi connectivity index (χ1) is 5.79. The molecule has 0 amide bonds. The minimum absolute atomic E-state index is 0.0311. The number of allylic oxidation sites excluding steroid dienone is 1. The van der Waals surface area contributed by atoms with Crippen molar-refractivity contribution in [2.45, 2.75) is 57.5 Å². The van der Waals surface area contributed by atoms with E-state index in [0.29, 0.717) is 0 Å². The lowest BCUT2D eigenvalue weighted by Gasteiger charge is -2.13. The Morgan fingerprint density at radius 2 is 1.50 bits per heavy atom. The smallest absolute Gasteiger partial charge is 0.0540 e. The van der Waals surface area contributed by atoms with Crippen LogP contribution in [0.2, 0.25) is 0 Å². The molecule has 1 rings (SSSR count). The van der Waals surface area contributed by atoms with Crippen molar-refractivity contribution in [2.24, 2.45) is 0 Å². The van der Waals surface area contributed by atoms with Crippen LogP contribution < -0.4 is 0 Å². The molecule has 1 saturated carbocycles. The fourth-order valence-electron chi connectivity index (χ4n) is 1.78. The van der Waals surface area contributed by atoms with E-state index in [1.165, 1.54) is 44.1 Å². The van der Waals surface area contributed by atoms with Crippen molar-refractivity contribution in [1.29, 1.82) is 0 Å². The van der Waals surface area contributed by atoms with E-state index in [4.69, 9.17) is 0 Å². The van der Waals surface area contributed by atoms with Crippen molar-refractivity contribution < 1.29 is 5.11 Å². The van der Waals surface area contributed by atoms with Crippen LogP contribution in [0, 0.1) is 0 Å². The van der Waals surface area contributed by atoms with Gasteiger partial charge in [0.25, 0.3) is 0 Å². The van der Waals surface area contributed by atoms with Gasteiger partial charge in [-0.05, 0) is 38.5 Å². The van der Waals surface area contributed by atoms with Crippen LogP contribution in [0.4, 0.5) is 0 Å². The summed E-state index contributed by atoms with van der Waals surface area (Å²) in [5.41, 5.74) is 1.41. The van der Waals surface area contributed by atoms with Gasteiger partial charge in [0, 0.05) is 0 Å². The molecule has 0 aromatic heterocycles. The van der Waals surface area contributed by atoms with Crippen LogP contribution >= 0.6 is 0 Å². The fraction of sp³-hybridized carbons (Fsp3) is 0.818. The summed E-state index contributed by atoms with van der Waals surface area (Å²) in [5.74, 6) is 0. The summed E-state index contributed by atoms with van der Waals surface area (Å²) in [5, 5.41) is 9.47. The molecule has 1 N–H and O–H groups in total. The van der Waals surface area contributed by atoms with Gasteiger partial charge in [-0.1, -0.05) is 25.0 Å². The average Bonchev–Trinajstić information content (AvgIpc) is 2.06. The Morgan fingerprint density at radius 1 is 1.00 bits per heavy atom. The molecule has 70 valence electrons. The van der Waals surface area contributed by atoms with Crippen LogP contribution in [0.1, 0.15) is 51.4 Å². The van der Waals surface area contributed by atoms with Crippen LogP contribution in [0.15, 0.2) is 12.2 Å². The predicted molar refractivity (Wildman–Crippen MR) is 52.1 cm³/mol. The van der Waals surface area contributed by atoms with Crippen molar-refractivity contribution in [1.82, 2.24) is 0 Å². The minimum atomic E-state index is -0.0311. The fourth-order valence-corrected chi connectivity index (χ4v) is 1.78. The van der Waals surface area contributed by atoms with E-state index >= 15 is 0 Å². The van der Waals surface area contributed by atoms with Gasteiger partial charge in [0.05, 0.1) is 6.10 Å². The minimum Gasteiger partial charge on any atom is -0.393 e. The van der Waals surface area contributed by atoms with Gasteiger partial charge in [-0.25, -0.2) is 0 Å². The Labute approximate surface area is 75.5 Å². The molecule has 1 nitrogen and oxygen atoms in total. The van der Waals surface area contributed by atoms with E-state index in [1.807, 2.05) is 0 Å². The molecule has 0 aromatic carbocycles. The van der Waals surface area contributed by atoms with Gasteiger partial charge in [0.2, 0.25) is 0 Å². The molecule has 0 aromatic rings. The molecule has 0 heterocycles. The molecule has 1 aliphatic carbocycles. The predicted octanol–water partition coefficient (Wildman–Crippen LogP) is 3.04. The summed E-state index contributed by atoms with van der Waals surface area (Å²) in [7, 11) is 0. The Kier molecular flexibility index (Phi) is 4.37. The number of hydrogen-bond acceptors (Lipinski definition) is 1. The maximum Gasteiger partial charge on any atom is 0.0540 e. The monoisotopic (exact) mass is 168 g/mol. The van der Waals surface area contributed by atoms with Gasteiger partial charge in [-0.15, -0.1) is 0 Å². The normalized spacial score (nSPS) is 23.9. The molecule has 1 aliphatic rings. The van der Waals surface area contributed by atoms with Crippen molar-refractivity contribution in [3.63, 3.8) is 0 Å². The molecule has 0 radical (unpaired) electrons. The van der Waals surface area contributed by atoms with Crippen molar-refractivity contribution in [3.05, 3.63) is 12.2 Å². The van der Waals surface area contributed by atoms with E-state index < -0.39 is 0 Å². The quantitative estimate of drug-likeness (QED) is 0.551. The zero-order chi connectivity index (χ0) is 8.81. The Bertz CT molecular complexity index is 126. The van der Waals surface area contributed by atoms with E-state index in [1.54, 1.807) is 0 Å². The Balaban J connectivity index is 2.25. The number of aliphatic hydroxyl groups excluding tert-OH is 1. The third-order valence-corrected chi connectivity index (χ3v) is 2.64. The van der Waals surface area contributed by atoms with Crippen LogP contribution in [0.5, 0.6) is 0 Å². The van der Waals surface area contributed by atoms with Crippen LogP contribution in [-0.4, -0.2) is 11.2 Å². The van der Waals surface area contributed by atoms with Crippen LogP contribution in [0.25, 0.3) is 0 Å².